The molecule has 2 heteroatoms. The van der Waals surface area contributed by atoms with Crippen molar-refractivity contribution in [2.45, 2.75) is 33.2 Å². The van der Waals surface area contributed by atoms with Crippen LogP contribution in [-0.4, -0.2) is 13.7 Å². The third-order valence-corrected chi connectivity index (χ3v) is 3.94. The molecule has 0 amide bonds. The van der Waals surface area contributed by atoms with Crippen molar-refractivity contribution in [3.8, 4) is 5.75 Å². The molecule has 1 unspecified atom stereocenters. The van der Waals surface area contributed by atoms with Gasteiger partial charge in [-0.1, -0.05) is 44.2 Å². The summed E-state index contributed by atoms with van der Waals surface area (Å²) in [6, 6.07) is 15.2. The first-order chi connectivity index (χ1) is 10.2. The Bertz CT molecular complexity index is 592. The molecule has 21 heavy (non-hydrogen) atoms. The fourth-order valence-corrected chi connectivity index (χ4v) is 2.83. The number of hydrogen-bond donors (Lipinski definition) is 1. The summed E-state index contributed by atoms with van der Waals surface area (Å²) in [4.78, 5) is 0. The minimum Gasteiger partial charge on any atom is -0.497 e. The SMILES string of the molecule is CCNC(c1ccc(OC)cc1C)c1ccccc1CC. The van der Waals surface area contributed by atoms with Crippen molar-refractivity contribution in [1.29, 1.82) is 0 Å². The Hall–Kier alpha value is -1.80. The van der Waals surface area contributed by atoms with Gasteiger partial charge in [0.1, 0.15) is 5.75 Å². The number of benzene rings is 2. The Kier molecular flexibility index (Phi) is 5.40. The van der Waals surface area contributed by atoms with Crippen LogP contribution in [0.4, 0.5) is 0 Å². The highest BCUT2D eigenvalue weighted by atomic mass is 16.5. The summed E-state index contributed by atoms with van der Waals surface area (Å²) in [6.07, 6.45) is 1.05. The van der Waals surface area contributed by atoms with Crippen molar-refractivity contribution in [3.63, 3.8) is 0 Å². The lowest BCUT2D eigenvalue weighted by Crippen LogP contribution is -2.23. The largest absolute Gasteiger partial charge is 0.497 e. The molecule has 0 saturated carbocycles. The zero-order chi connectivity index (χ0) is 15.2. The van der Waals surface area contributed by atoms with E-state index in [0.29, 0.717) is 0 Å². The van der Waals surface area contributed by atoms with Crippen LogP contribution in [0.5, 0.6) is 5.75 Å². The van der Waals surface area contributed by atoms with Gasteiger partial charge in [-0.3, -0.25) is 0 Å². The van der Waals surface area contributed by atoms with Gasteiger partial charge in [0.2, 0.25) is 0 Å². The maximum atomic E-state index is 5.32. The maximum Gasteiger partial charge on any atom is 0.119 e. The van der Waals surface area contributed by atoms with Crippen molar-refractivity contribution >= 4 is 0 Å². The predicted octanol–water partition coefficient (Wildman–Crippen LogP) is 4.26. The summed E-state index contributed by atoms with van der Waals surface area (Å²) in [7, 11) is 1.71. The average Bonchev–Trinajstić information content (AvgIpc) is 2.53. The molecule has 0 bridgehead atoms. The van der Waals surface area contributed by atoms with E-state index in [9.17, 15) is 0 Å². The van der Waals surface area contributed by atoms with Crippen LogP contribution in [0.25, 0.3) is 0 Å². The number of rotatable bonds is 6. The topological polar surface area (TPSA) is 21.3 Å². The lowest BCUT2D eigenvalue weighted by molar-refractivity contribution is 0.414. The molecule has 0 aliphatic rings. The molecule has 0 saturated heterocycles. The summed E-state index contributed by atoms with van der Waals surface area (Å²) in [6.45, 7) is 7.45. The molecule has 0 aliphatic heterocycles. The van der Waals surface area contributed by atoms with E-state index < -0.39 is 0 Å². The molecule has 0 aliphatic carbocycles. The summed E-state index contributed by atoms with van der Waals surface area (Å²) in [5.41, 5.74) is 5.35. The molecule has 0 radical (unpaired) electrons. The van der Waals surface area contributed by atoms with Crippen LogP contribution < -0.4 is 10.1 Å². The Balaban J connectivity index is 2.48. The molecule has 112 valence electrons. The van der Waals surface area contributed by atoms with Gasteiger partial charge in [0, 0.05) is 0 Å². The number of aryl methyl sites for hydroxylation is 2. The van der Waals surface area contributed by atoms with Crippen LogP contribution in [0.15, 0.2) is 42.5 Å². The van der Waals surface area contributed by atoms with Gasteiger partial charge in [-0.25, -0.2) is 0 Å². The van der Waals surface area contributed by atoms with Crippen LogP contribution >= 0.6 is 0 Å². The quantitative estimate of drug-likeness (QED) is 0.855. The molecule has 2 aromatic rings. The van der Waals surface area contributed by atoms with Gasteiger partial charge in [-0.05, 0) is 54.3 Å². The van der Waals surface area contributed by atoms with Crippen molar-refractivity contribution in [3.05, 3.63) is 64.7 Å². The lowest BCUT2D eigenvalue weighted by Gasteiger charge is -2.23. The average molecular weight is 283 g/mol. The molecule has 2 nitrogen and oxygen atoms in total. The smallest absolute Gasteiger partial charge is 0.119 e. The third-order valence-electron chi connectivity index (χ3n) is 3.94. The summed E-state index contributed by atoms with van der Waals surface area (Å²) >= 11 is 0. The molecule has 0 fully saturated rings. The maximum absolute atomic E-state index is 5.32. The minimum atomic E-state index is 0.233. The fourth-order valence-electron chi connectivity index (χ4n) is 2.83. The van der Waals surface area contributed by atoms with Gasteiger partial charge in [0.25, 0.3) is 0 Å². The second-order valence-electron chi connectivity index (χ2n) is 5.27. The van der Waals surface area contributed by atoms with E-state index in [4.69, 9.17) is 4.74 Å². The van der Waals surface area contributed by atoms with E-state index in [-0.39, 0.29) is 6.04 Å². The normalized spacial score (nSPS) is 12.2. The van der Waals surface area contributed by atoms with Gasteiger partial charge in [-0.2, -0.15) is 0 Å². The van der Waals surface area contributed by atoms with Gasteiger partial charge >= 0.3 is 0 Å². The number of ether oxygens (including phenoxy) is 1. The van der Waals surface area contributed by atoms with E-state index in [2.05, 4.69) is 62.5 Å². The van der Waals surface area contributed by atoms with Crippen LogP contribution in [0.1, 0.15) is 42.1 Å². The molecule has 0 aromatic heterocycles. The van der Waals surface area contributed by atoms with Crippen LogP contribution in [0.2, 0.25) is 0 Å². The Morgan fingerprint density at radius 1 is 1.05 bits per heavy atom. The predicted molar refractivity (Wildman–Crippen MR) is 89.1 cm³/mol. The van der Waals surface area contributed by atoms with Gasteiger partial charge in [-0.15, -0.1) is 0 Å². The van der Waals surface area contributed by atoms with Crippen LogP contribution in [0, 0.1) is 6.92 Å². The molecule has 2 aromatic carbocycles. The summed E-state index contributed by atoms with van der Waals surface area (Å²) in [5.74, 6) is 0.912. The standard InChI is InChI=1S/C19H25NO/c1-5-15-9-7-8-10-18(15)19(20-6-2)17-12-11-16(21-4)13-14(17)3/h7-13,19-20H,5-6H2,1-4H3. The molecular weight excluding hydrogens is 258 g/mol. The van der Waals surface area contributed by atoms with E-state index in [1.807, 2.05) is 6.07 Å². The van der Waals surface area contributed by atoms with Gasteiger partial charge in [0.15, 0.2) is 0 Å². The first-order valence-electron chi connectivity index (χ1n) is 7.67. The Morgan fingerprint density at radius 3 is 2.43 bits per heavy atom. The van der Waals surface area contributed by atoms with E-state index >= 15 is 0 Å². The Labute approximate surface area is 128 Å². The van der Waals surface area contributed by atoms with Crippen molar-refractivity contribution in [2.75, 3.05) is 13.7 Å². The van der Waals surface area contributed by atoms with Gasteiger partial charge in [0.05, 0.1) is 13.2 Å². The van der Waals surface area contributed by atoms with Crippen LogP contribution in [0.3, 0.4) is 0 Å². The van der Waals surface area contributed by atoms with E-state index in [1.54, 1.807) is 7.11 Å². The second kappa shape index (κ2) is 7.28. The summed E-state index contributed by atoms with van der Waals surface area (Å²) in [5, 5.41) is 3.63. The third kappa shape index (κ3) is 3.45. The first-order valence-corrected chi connectivity index (χ1v) is 7.67. The fraction of sp³-hybridized carbons (Fsp3) is 0.368. The van der Waals surface area contributed by atoms with E-state index in [0.717, 1.165) is 18.7 Å². The van der Waals surface area contributed by atoms with Crippen molar-refractivity contribution < 1.29 is 4.74 Å². The molecule has 2 rings (SSSR count). The Morgan fingerprint density at radius 2 is 1.81 bits per heavy atom. The summed E-state index contributed by atoms with van der Waals surface area (Å²) < 4.78 is 5.32. The highest BCUT2D eigenvalue weighted by Gasteiger charge is 2.17. The lowest BCUT2D eigenvalue weighted by atomic mass is 9.91. The van der Waals surface area contributed by atoms with Crippen LogP contribution in [-0.2, 0) is 6.42 Å². The highest BCUT2D eigenvalue weighted by molar-refractivity contribution is 5.43. The molecule has 0 spiro atoms. The second-order valence-corrected chi connectivity index (χ2v) is 5.27. The molecule has 0 heterocycles. The highest BCUT2D eigenvalue weighted by Crippen LogP contribution is 2.29. The molecular formula is C19H25NO. The van der Waals surface area contributed by atoms with Crippen molar-refractivity contribution in [1.82, 2.24) is 5.32 Å². The number of hydrogen-bond acceptors (Lipinski definition) is 2. The number of nitrogens with one attached hydrogen (secondary N) is 1. The minimum absolute atomic E-state index is 0.233. The number of methoxy groups -OCH3 is 1. The molecule has 1 atom stereocenters. The van der Waals surface area contributed by atoms with Gasteiger partial charge < -0.3 is 10.1 Å². The monoisotopic (exact) mass is 283 g/mol. The zero-order valence-electron chi connectivity index (χ0n) is 13.4. The van der Waals surface area contributed by atoms with E-state index in [1.165, 1.54) is 22.3 Å². The first kappa shape index (κ1) is 15.6. The molecule has 1 N–H and O–H groups in total. The van der Waals surface area contributed by atoms with Crippen molar-refractivity contribution in [2.24, 2.45) is 0 Å². The zero-order valence-corrected chi connectivity index (χ0v) is 13.4.